The number of fused-ring (bicyclic) bond motifs is 13. The van der Waals surface area contributed by atoms with Crippen molar-refractivity contribution in [3.63, 3.8) is 0 Å². The topological polar surface area (TPSA) is 0 Å². The molecule has 456 valence electrons. The van der Waals surface area contributed by atoms with Crippen molar-refractivity contribution in [3.05, 3.63) is 351 Å². The molecule has 0 nitrogen and oxygen atoms in total. The highest BCUT2D eigenvalue weighted by Gasteiger charge is 2.36. The lowest BCUT2D eigenvalue weighted by molar-refractivity contribution is 0.948. The molecule has 0 radical (unpaired) electrons. The van der Waals surface area contributed by atoms with Crippen LogP contribution in [0.4, 0.5) is 0 Å². The first-order valence-electron chi connectivity index (χ1n) is 35.1. The van der Waals surface area contributed by atoms with E-state index in [1.165, 1.54) is 197 Å². The molecule has 20 rings (SSSR count). The maximum Gasteiger partial charge on any atom is 0.0355 e. The minimum absolute atomic E-state index is 0.173. The third-order valence-electron chi connectivity index (χ3n) is 22.4. The minimum atomic E-state index is 0.173. The standard InChI is InChI=1S/C97H68/c1-3-22-61(23-4-1)69-29-11-13-33-80(69)97-81-34-14-12-32-74(81)79-51-50-68(59-92(79)97)95-82-35-15-17-37-84(82)96(85-38-18-16-36-83(85)95)86-43-19-28-62-46-49-65(56-89(62)86)60-44-47-64(48-45-60)94-71-31-10-8-27-67(71)58-91-76-42-21-40-73(78(76)53-55-88(91)94)72-39-20-41-75-77(72)52-54-87-90(75)57-66-26-7-9-30-70(66)93(87)63-24-5-2-6-25-63/h1-14,17,20-34,36-42,44-49,52-59,97H,15-16,18-19,35,43,50-51H2. The van der Waals surface area contributed by atoms with E-state index in [0.717, 1.165) is 51.4 Å². The summed E-state index contributed by atoms with van der Waals surface area (Å²) >= 11 is 0. The Morgan fingerprint density at radius 2 is 0.825 bits per heavy atom. The predicted octanol–water partition coefficient (Wildman–Crippen LogP) is 22.8. The molecule has 0 amide bonds. The molecule has 0 aliphatic heterocycles. The number of hydrogen-bond donors (Lipinski definition) is 0. The van der Waals surface area contributed by atoms with Crippen LogP contribution < -0.4 is 20.9 Å². The van der Waals surface area contributed by atoms with Gasteiger partial charge in [-0.25, -0.2) is 0 Å². The molecule has 5 aliphatic rings. The van der Waals surface area contributed by atoms with E-state index in [1.807, 2.05) is 0 Å². The van der Waals surface area contributed by atoms with Crippen LogP contribution >= 0.6 is 0 Å². The Balaban J connectivity index is 0.688. The summed E-state index contributed by atoms with van der Waals surface area (Å²) in [5, 5.41) is 20.9. The summed E-state index contributed by atoms with van der Waals surface area (Å²) in [5.41, 5.74) is 28.9. The van der Waals surface area contributed by atoms with Gasteiger partial charge in [-0.1, -0.05) is 291 Å². The molecule has 0 bridgehead atoms. The summed E-state index contributed by atoms with van der Waals surface area (Å²) in [6.45, 7) is 0. The molecule has 0 heteroatoms. The molecule has 0 heterocycles. The zero-order valence-electron chi connectivity index (χ0n) is 54.2. The van der Waals surface area contributed by atoms with Gasteiger partial charge in [0.1, 0.15) is 0 Å². The van der Waals surface area contributed by atoms with Gasteiger partial charge in [-0.3, -0.25) is 0 Å². The van der Waals surface area contributed by atoms with Crippen molar-refractivity contribution in [2.45, 2.75) is 57.3 Å². The summed E-state index contributed by atoms with van der Waals surface area (Å²) in [7, 11) is 0. The van der Waals surface area contributed by atoms with Crippen LogP contribution in [0.15, 0.2) is 291 Å². The van der Waals surface area contributed by atoms with Crippen molar-refractivity contribution in [2.75, 3.05) is 0 Å². The van der Waals surface area contributed by atoms with Gasteiger partial charge in [-0.05, 0) is 272 Å². The second-order valence-corrected chi connectivity index (χ2v) is 27.5. The van der Waals surface area contributed by atoms with Crippen molar-refractivity contribution in [1.29, 1.82) is 0 Å². The first-order valence-corrected chi connectivity index (χ1v) is 35.1. The van der Waals surface area contributed by atoms with Crippen LogP contribution in [0.2, 0.25) is 0 Å². The van der Waals surface area contributed by atoms with E-state index in [9.17, 15) is 0 Å². The summed E-state index contributed by atoms with van der Waals surface area (Å²) < 4.78 is 0. The Kier molecular flexibility index (Phi) is 13.0. The number of allylic oxidation sites excluding steroid dienone is 5. The highest BCUT2D eigenvalue weighted by molar-refractivity contribution is 6.25. The zero-order valence-corrected chi connectivity index (χ0v) is 54.2. The van der Waals surface area contributed by atoms with E-state index in [-0.39, 0.29) is 5.92 Å². The van der Waals surface area contributed by atoms with Gasteiger partial charge in [0, 0.05) is 5.92 Å². The average molecular weight is 1230 g/mol. The van der Waals surface area contributed by atoms with Crippen molar-refractivity contribution in [2.24, 2.45) is 0 Å². The van der Waals surface area contributed by atoms with Crippen LogP contribution in [0, 0.1) is 0 Å². The molecule has 0 saturated carbocycles. The fourth-order valence-electron chi connectivity index (χ4n) is 18.2. The van der Waals surface area contributed by atoms with Gasteiger partial charge < -0.3 is 0 Å². The molecule has 0 N–H and O–H groups in total. The second-order valence-electron chi connectivity index (χ2n) is 27.5. The largest absolute Gasteiger partial charge is 0.0836 e. The van der Waals surface area contributed by atoms with E-state index < -0.39 is 0 Å². The molecule has 15 aromatic carbocycles. The van der Waals surface area contributed by atoms with Gasteiger partial charge in [-0.2, -0.15) is 0 Å². The lowest BCUT2D eigenvalue weighted by Crippen LogP contribution is -2.39. The van der Waals surface area contributed by atoms with Gasteiger partial charge in [0.25, 0.3) is 0 Å². The quantitative estimate of drug-likeness (QED) is 0.105. The molecule has 0 aromatic heterocycles. The van der Waals surface area contributed by atoms with Crippen LogP contribution in [0.3, 0.4) is 0 Å². The number of rotatable bonds is 8. The summed E-state index contributed by atoms with van der Waals surface area (Å²) in [4.78, 5) is 0. The van der Waals surface area contributed by atoms with Crippen LogP contribution in [0.5, 0.6) is 0 Å². The van der Waals surface area contributed by atoms with Crippen molar-refractivity contribution >= 4 is 106 Å². The van der Waals surface area contributed by atoms with Crippen LogP contribution in [-0.2, 0) is 6.42 Å². The molecule has 97 heavy (non-hydrogen) atoms. The normalized spacial score (nSPS) is 15.4. The number of hydrogen-bond acceptors (Lipinski definition) is 0. The van der Waals surface area contributed by atoms with Crippen LogP contribution in [-0.4, -0.2) is 0 Å². The highest BCUT2D eigenvalue weighted by Crippen LogP contribution is 2.54. The first kappa shape index (κ1) is 56.0. The van der Waals surface area contributed by atoms with E-state index in [0.29, 0.717) is 0 Å². The Morgan fingerprint density at radius 3 is 1.51 bits per heavy atom. The predicted molar refractivity (Wildman–Crippen MR) is 414 cm³/mol. The van der Waals surface area contributed by atoms with E-state index in [4.69, 9.17) is 0 Å². The van der Waals surface area contributed by atoms with Gasteiger partial charge in [-0.15, -0.1) is 0 Å². The summed E-state index contributed by atoms with van der Waals surface area (Å²) in [6, 6.07) is 103. The molecule has 1 unspecified atom stereocenters. The Hall–Kier alpha value is -11.4. The molecule has 0 fully saturated rings. The third kappa shape index (κ3) is 8.89. The number of benzene rings is 15. The van der Waals surface area contributed by atoms with Crippen LogP contribution in [0.25, 0.3) is 161 Å². The van der Waals surface area contributed by atoms with E-state index in [2.05, 4.69) is 309 Å². The fraction of sp³-hybridized carbons (Fsp3) is 0.0928. The van der Waals surface area contributed by atoms with Gasteiger partial charge in [0.15, 0.2) is 0 Å². The lowest BCUT2D eigenvalue weighted by Gasteiger charge is -2.28. The summed E-state index contributed by atoms with van der Waals surface area (Å²) in [5.74, 6) is 0.173. The SMILES string of the molecule is C1=Cc2c(c(C3=CC4=C(CC3)c3ccccc3C4c3ccccc3-c3ccccc3)c3c(c2C2=c4cc(-c5ccc(-c6c7ccccc7cc7c6ccc6c(-c8cccc9c8ccc8c(-c%10ccccc%10)c%10ccccc%10cc89)cccc67)cc5)ccc4=CCC2)=CCCC=3)CC1. The highest BCUT2D eigenvalue weighted by atomic mass is 14.4. The van der Waals surface area contributed by atoms with Gasteiger partial charge >= 0.3 is 0 Å². The van der Waals surface area contributed by atoms with E-state index >= 15 is 0 Å². The van der Waals surface area contributed by atoms with Crippen molar-refractivity contribution in [1.82, 2.24) is 0 Å². The second kappa shape index (κ2) is 22.6. The molecule has 0 spiro atoms. The minimum Gasteiger partial charge on any atom is -0.0836 e. The smallest absolute Gasteiger partial charge is 0.0355 e. The van der Waals surface area contributed by atoms with Crippen molar-refractivity contribution in [3.8, 4) is 55.6 Å². The monoisotopic (exact) mass is 1230 g/mol. The van der Waals surface area contributed by atoms with Gasteiger partial charge in [0.05, 0.1) is 0 Å². The average Bonchev–Trinajstić information content (AvgIpc) is 1.72. The Bertz CT molecular complexity index is 6270. The van der Waals surface area contributed by atoms with E-state index in [1.54, 1.807) is 5.56 Å². The molecule has 1 atom stereocenters. The molecule has 0 saturated heterocycles. The van der Waals surface area contributed by atoms with Crippen LogP contribution in [0.1, 0.15) is 89.8 Å². The Morgan fingerprint density at radius 1 is 0.289 bits per heavy atom. The molecule has 15 aromatic rings. The fourth-order valence-corrected chi connectivity index (χ4v) is 18.2. The maximum atomic E-state index is 2.67. The first-order chi connectivity index (χ1) is 48.1. The Labute approximate surface area is 565 Å². The maximum absolute atomic E-state index is 2.67. The molecular weight excluding hydrogens is 1170 g/mol. The van der Waals surface area contributed by atoms with Gasteiger partial charge in [0.2, 0.25) is 0 Å². The lowest BCUT2D eigenvalue weighted by atomic mass is 9.75. The third-order valence-corrected chi connectivity index (χ3v) is 22.4. The molecular formula is C97H68. The summed E-state index contributed by atoms with van der Waals surface area (Å²) in [6.07, 6.45) is 23.7. The zero-order chi connectivity index (χ0) is 63.7. The molecule has 5 aliphatic carbocycles. The van der Waals surface area contributed by atoms with Crippen molar-refractivity contribution < 1.29 is 0 Å².